The Morgan fingerprint density at radius 3 is 2.77 bits per heavy atom. The van der Waals surface area contributed by atoms with E-state index < -0.39 is 6.04 Å². The second-order valence-corrected chi connectivity index (χ2v) is 2.72. The van der Waals surface area contributed by atoms with Crippen molar-refractivity contribution < 1.29 is 15.0 Å². The lowest BCUT2D eigenvalue weighted by atomic mass is 10.0. The first kappa shape index (κ1) is 9.70. The maximum atomic E-state index is 10.5. The zero-order valence-corrected chi connectivity index (χ0v) is 6.97. The van der Waals surface area contributed by atoms with Gasteiger partial charge in [-0.15, -0.1) is 0 Å². The lowest BCUT2D eigenvalue weighted by Crippen LogP contribution is -2.16. The number of phenolic OH excluding ortho intramolecular Hbond substituents is 1. The number of hydrogen-bond donors (Lipinski definition) is 3. The number of rotatable bonds is 3. The molecule has 13 heavy (non-hydrogen) atoms. The van der Waals surface area contributed by atoms with Gasteiger partial charge < -0.3 is 15.9 Å². The highest BCUT2D eigenvalue weighted by molar-refractivity contribution is 5.78. The van der Waals surface area contributed by atoms with Gasteiger partial charge in [0.25, 0.3) is 0 Å². The van der Waals surface area contributed by atoms with E-state index in [1.54, 1.807) is 0 Å². The Morgan fingerprint density at radius 2 is 2.23 bits per heavy atom. The van der Waals surface area contributed by atoms with Crippen LogP contribution in [0.2, 0.25) is 0 Å². The highest BCUT2D eigenvalue weighted by atomic mass is 16.3. The summed E-state index contributed by atoms with van der Waals surface area (Å²) in [4.78, 5) is 10.5. The number of aldehydes is 1. The van der Waals surface area contributed by atoms with E-state index in [0.717, 1.165) is 0 Å². The maximum Gasteiger partial charge on any atom is 0.150 e. The van der Waals surface area contributed by atoms with Gasteiger partial charge >= 0.3 is 0 Å². The largest absolute Gasteiger partial charge is 0.508 e. The van der Waals surface area contributed by atoms with E-state index in [1.165, 1.54) is 18.2 Å². The zero-order chi connectivity index (χ0) is 9.84. The van der Waals surface area contributed by atoms with E-state index in [2.05, 4.69) is 0 Å². The van der Waals surface area contributed by atoms with Crippen LogP contribution in [0, 0.1) is 0 Å². The minimum absolute atomic E-state index is 0.0319. The maximum absolute atomic E-state index is 10.5. The standard InChI is InChI=1S/C9H11NO3/c10-9(5-12)8-3-7(13)2-1-6(8)4-11/h1-4,9,12-13H,5,10H2. The van der Waals surface area contributed by atoms with Crippen molar-refractivity contribution in [1.29, 1.82) is 0 Å². The Balaban J connectivity index is 3.15. The highest BCUT2D eigenvalue weighted by Gasteiger charge is 2.10. The molecular formula is C9H11NO3. The lowest BCUT2D eigenvalue weighted by Gasteiger charge is -2.10. The normalized spacial score (nSPS) is 12.5. The van der Waals surface area contributed by atoms with Crippen LogP contribution in [0.15, 0.2) is 18.2 Å². The molecule has 0 saturated heterocycles. The number of benzene rings is 1. The van der Waals surface area contributed by atoms with E-state index in [9.17, 15) is 4.79 Å². The van der Waals surface area contributed by atoms with Gasteiger partial charge in [-0.25, -0.2) is 0 Å². The molecule has 0 aliphatic rings. The van der Waals surface area contributed by atoms with Crippen molar-refractivity contribution in [3.05, 3.63) is 29.3 Å². The van der Waals surface area contributed by atoms with Crippen LogP contribution in [0.1, 0.15) is 22.0 Å². The molecule has 1 aromatic carbocycles. The molecule has 0 heterocycles. The quantitative estimate of drug-likeness (QED) is 0.581. The molecule has 0 spiro atoms. The van der Waals surface area contributed by atoms with Crippen LogP contribution >= 0.6 is 0 Å². The van der Waals surface area contributed by atoms with Crippen LogP contribution in [0.4, 0.5) is 0 Å². The Bertz CT molecular complexity index is 312. The van der Waals surface area contributed by atoms with Crippen molar-refractivity contribution in [3.8, 4) is 5.75 Å². The Kier molecular flexibility index (Phi) is 3.00. The number of carbonyl (C=O) groups excluding carboxylic acids is 1. The Hall–Kier alpha value is -1.39. The fourth-order valence-corrected chi connectivity index (χ4v) is 1.09. The fraction of sp³-hybridized carbons (Fsp3) is 0.222. The summed E-state index contributed by atoms with van der Waals surface area (Å²) in [5, 5.41) is 17.9. The first-order valence-corrected chi connectivity index (χ1v) is 3.83. The molecule has 0 bridgehead atoms. The third kappa shape index (κ3) is 2.05. The summed E-state index contributed by atoms with van der Waals surface area (Å²) in [6, 6.07) is 3.61. The topological polar surface area (TPSA) is 83.6 Å². The van der Waals surface area contributed by atoms with E-state index in [0.29, 0.717) is 17.4 Å². The molecule has 0 saturated carbocycles. The summed E-state index contributed by atoms with van der Waals surface area (Å²) in [5.74, 6) is 0.0319. The molecule has 1 aromatic rings. The molecule has 70 valence electrons. The number of phenols is 1. The number of aliphatic hydroxyl groups is 1. The van der Waals surface area contributed by atoms with Crippen molar-refractivity contribution in [3.63, 3.8) is 0 Å². The molecular weight excluding hydrogens is 170 g/mol. The van der Waals surface area contributed by atoms with Crippen molar-refractivity contribution in [2.24, 2.45) is 5.73 Å². The number of carbonyl (C=O) groups is 1. The molecule has 1 atom stereocenters. The average Bonchev–Trinajstić information content (AvgIpc) is 2.16. The Morgan fingerprint density at radius 1 is 1.54 bits per heavy atom. The molecule has 1 rings (SSSR count). The zero-order valence-electron chi connectivity index (χ0n) is 6.97. The van der Waals surface area contributed by atoms with Gasteiger partial charge in [0, 0.05) is 5.56 Å². The fourth-order valence-electron chi connectivity index (χ4n) is 1.09. The second-order valence-electron chi connectivity index (χ2n) is 2.72. The lowest BCUT2D eigenvalue weighted by molar-refractivity contribution is 0.112. The van der Waals surface area contributed by atoms with Crippen LogP contribution in [0.3, 0.4) is 0 Å². The van der Waals surface area contributed by atoms with Gasteiger partial charge in [0.15, 0.2) is 0 Å². The summed E-state index contributed by atoms with van der Waals surface area (Å²) < 4.78 is 0. The minimum Gasteiger partial charge on any atom is -0.508 e. The van der Waals surface area contributed by atoms with Gasteiger partial charge in [0.2, 0.25) is 0 Å². The summed E-state index contributed by atoms with van der Waals surface area (Å²) in [6.45, 7) is -0.260. The molecule has 4 nitrogen and oxygen atoms in total. The average molecular weight is 181 g/mol. The van der Waals surface area contributed by atoms with Crippen molar-refractivity contribution in [2.45, 2.75) is 6.04 Å². The number of aliphatic hydroxyl groups excluding tert-OH is 1. The molecule has 1 unspecified atom stereocenters. The van der Waals surface area contributed by atoms with E-state index in [4.69, 9.17) is 15.9 Å². The van der Waals surface area contributed by atoms with Crippen molar-refractivity contribution in [2.75, 3.05) is 6.61 Å². The van der Waals surface area contributed by atoms with E-state index in [-0.39, 0.29) is 12.4 Å². The predicted octanol–water partition coefficient (Wildman–Crippen LogP) is 0.197. The molecule has 0 aliphatic carbocycles. The molecule has 0 amide bonds. The van der Waals surface area contributed by atoms with Crippen molar-refractivity contribution in [1.82, 2.24) is 0 Å². The first-order valence-electron chi connectivity index (χ1n) is 3.83. The van der Waals surface area contributed by atoms with Crippen LogP contribution in [0.25, 0.3) is 0 Å². The van der Waals surface area contributed by atoms with Crippen molar-refractivity contribution >= 4 is 6.29 Å². The SMILES string of the molecule is NC(CO)c1cc(O)ccc1C=O. The highest BCUT2D eigenvalue weighted by Crippen LogP contribution is 2.20. The van der Waals surface area contributed by atoms with E-state index in [1.807, 2.05) is 0 Å². The van der Waals surface area contributed by atoms with Crippen LogP contribution in [0.5, 0.6) is 5.75 Å². The smallest absolute Gasteiger partial charge is 0.150 e. The molecule has 0 fully saturated rings. The van der Waals surface area contributed by atoms with Gasteiger partial charge in [-0.05, 0) is 23.8 Å². The number of aromatic hydroxyl groups is 1. The van der Waals surface area contributed by atoms with Crippen LogP contribution in [-0.2, 0) is 0 Å². The minimum atomic E-state index is -0.632. The predicted molar refractivity (Wildman–Crippen MR) is 47.5 cm³/mol. The van der Waals surface area contributed by atoms with Gasteiger partial charge in [0.05, 0.1) is 12.6 Å². The van der Waals surface area contributed by atoms with Gasteiger partial charge in [-0.2, -0.15) is 0 Å². The molecule has 0 aromatic heterocycles. The number of nitrogens with two attached hydrogens (primary N) is 1. The number of hydrogen-bond acceptors (Lipinski definition) is 4. The third-order valence-electron chi connectivity index (χ3n) is 1.79. The first-order chi connectivity index (χ1) is 6.19. The van der Waals surface area contributed by atoms with Gasteiger partial charge in [-0.1, -0.05) is 0 Å². The summed E-state index contributed by atoms with van der Waals surface area (Å²) in [6.07, 6.45) is 0.643. The molecule has 4 heteroatoms. The van der Waals surface area contributed by atoms with Crippen LogP contribution in [-0.4, -0.2) is 23.1 Å². The van der Waals surface area contributed by atoms with Gasteiger partial charge in [-0.3, -0.25) is 4.79 Å². The molecule has 4 N–H and O–H groups in total. The van der Waals surface area contributed by atoms with Gasteiger partial charge in [0.1, 0.15) is 12.0 Å². The Labute approximate surface area is 75.6 Å². The molecule has 0 radical (unpaired) electrons. The monoisotopic (exact) mass is 181 g/mol. The van der Waals surface area contributed by atoms with Crippen LogP contribution < -0.4 is 5.73 Å². The second kappa shape index (κ2) is 4.02. The van der Waals surface area contributed by atoms with E-state index >= 15 is 0 Å². The summed E-state index contributed by atoms with van der Waals surface area (Å²) in [7, 11) is 0. The third-order valence-corrected chi connectivity index (χ3v) is 1.79. The molecule has 0 aliphatic heterocycles. The summed E-state index contributed by atoms with van der Waals surface area (Å²) >= 11 is 0. The summed E-state index contributed by atoms with van der Waals surface area (Å²) in [5.41, 5.74) is 6.36.